The molecule has 0 amide bonds. The molecule has 4 heteroatoms. The number of rotatable bonds is 3. The summed E-state index contributed by atoms with van der Waals surface area (Å²) in [6.45, 7) is 1.94. The Hall–Kier alpha value is -0.450. The van der Waals surface area contributed by atoms with E-state index in [1.807, 2.05) is 6.92 Å². The van der Waals surface area contributed by atoms with Crippen LogP contribution >= 0.6 is 15.9 Å². The summed E-state index contributed by atoms with van der Waals surface area (Å²) < 4.78 is 13.3. The Morgan fingerprint density at radius 2 is 2.31 bits per heavy atom. The molecule has 0 aliphatic rings. The molecule has 0 fully saturated rings. The molecular formula is C9H11BrFNO. The van der Waals surface area contributed by atoms with Gasteiger partial charge in [0.15, 0.2) is 0 Å². The molecule has 0 aromatic heterocycles. The van der Waals surface area contributed by atoms with Gasteiger partial charge in [0.25, 0.3) is 0 Å². The van der Waals surface area contributed by atoms with Crippen LogP contribution in [0.25, 0.3) is 0 Å². The third kappa shape index (κ3) is 2.49. The summed E-state index contributed by atoms with van der Waals surface area (Å²) in [7, 11) is 0. The van der Waals surface area contributed by atoms with Gasteiger partial charge in [0.2, 0.25) is 0 Å². The Bertz CT molecular complexity index is 289. The van der Waals surface area contributed by atoms with Crippen molar-refractivity contribution in [2.45, 2.75) is 19.4 Å². The van der Waals surface area contributed by atoms with Crippen LogP contribution in [0.2, 0.25) is 0 Å². The van der Waals surface area contributed by atoms with Crippen molar-refractivity contribution < 1.29 is 9.60 Å². The van der Waals surface area contributed by atoms with Crippen LogP contribution < -0.4 is 5.48 Å². The minimum absolute atomic E-state index is 0.142. The van der Waals surface area contributed by atoms with Crippen molar-refractivity contribution in [1.82, 2.24) is 5.48 Å². The summed E-state index contributed by atoms with van der Waals surface area (Å²) in [5, 5.41) is 8.78. The Balaban J connectivity index is 2.95. The van der Waals surface area contributed by atoms with Crippen LogP contribution in [0.4, 0.5) is 4.39 Å². The summed E-state index contributed by atoms with van der Waals surface area (Å²) in [6.07, 6.45) is 0.745. The van der Waals surface area contributed by atoms with E-state index in [1.54, 1.807) is 12.1 Å². The molecule has 2 nitrogen and oxygen atoms in total. The molecule has 1 aromatic rings. The normalized spacial score (nSPS) is 12.9. The lowest BCUT2D eigenvalue weighted by molar-refractivity contribution is 0.124. The van der Waals surface area contributed by atoms with Crippen LogP contribution in [0.1, 0.15) is 24.9 Å². The third-order valence-electron chi connectivity index (χ3n) is 1.91. The smallest absolute Gasteiger partial charge is 0.137 e. The topological polar surface area (TPSA) is 32.3 Å². The van der Waals surface area contributed by atoms with Crippen molar-refractivity contribution in [3.63, 3.8) is 0 Å². The van der Waals surface area contributed by atoms with E-state index in [4.69, 9.17) is 5.21 Å². The number of benzene rings is 1. The number of nitrogens with one attached hydrogen (secondary N) is 1. The Morgan fingerprint density at radius 3 is 2.77 bits per heavy atom. The second kappa shape index (κ2) is 4.69. The molecule has 0 unspecified atom stereocenters. The van der Waals surface area contributed by atoms with Gasteiger partial charge in [-0.15, -0.1) is 0 Å². The van der Waals surface area contributed by atoms with Crippen LogP contribution in [0.3, 0.4) is 0 Å². The van der Waals surface area contributed by atoms with Crippen molar-refractivity contribution in [3.8, 4) is 0 Å². The molecular weight excluding hydrogens is 237 g/mol. The largest absolute Gasteiger partial charge is 0.316 e. The zero-order chi connectivity index (χ0) is 9.84. The first kappa shape index (κ1) is 10.6. The SMILES string of the molecule is CC[C@H](NO)c1ccc(F)c(Br)c1. The lowest BCUT2D eigenvalue weighted by atomic mass is 10.1. The molecule has 0 saturated heterocycles. The predicted octanol–water partition coefficient (Wildman–Crippen LogP) is 3.02. The average Bonchev–Trinajstić information content (AvgIpc) is 2.13. The summed E-state index contributed by atoms with van der Waals surface area (Å²) in [5.74, 6) is -0.295. The molecule has 0 spiro atoms. The van der Waals surface area contributed by atoms with Gasteiger partial charge < -0.3 is 5.21 Å². The summed E-state index contributed by atoms with van der Waals surface area (Å²) in [5.41, 5.74) is 3.03. The van der Waals surface area contributed by atoms with E-state index in [0.29, 0.717) is 4.47 Å². The standard InChI is InChI=1S/C9H11BrFNO/c1-2-9(12-13)6-3-4-8(11)7(10)5-6/h3-5,9,12-13H,2H2,1H3/t9-/m0/s1. The molecule has 0 saturated carbocycles. The van der Waals surface area contributed by atoms with Gasteiger partial charge in [-0.05, 0) is 40.0 Å². The quantitative estimate of drug-likeness (QED) is 0.806. The highest BCUT2D eigenvalue weighted by Crippen LogP contribution is 2.22. The molecule has 0 bridgehead atoms. The van der Waals surface area contributed by atoms with Gasteiger partial charge in [-0.1, -0.05) is 13.0 Å². The number of hydroxylamine groups is 1. The summed E-state index contributed by atoms with van der Waals surface area (Å²) in [6, 6.07) is 4.54. The van der Waals surface area contributed by atoms with Crippen LogP contribution in [0, 0.1) is 5.82 Å². The lowest BCUT2D eigenvalue weighted by Gasteiger charge is -2.13. The van der Waals surface area contributed by atoms with Crippen molar-refractivity contribution in [1.29, 1.82) is 0 Å². The maximum absolute atomic E-state index is 12.8. The summed E-state index contributed by atoms with van der Waals surface area (Å²) in [4.78, 5) is 0. The van der Waals surface area contributed by atoms with Crippen molar-refractivity contribution in [3.05, 3.63) is 34.1 Å². The maximum atomic E-state index is 12.8. The van der Waals surface area contributed by atoms with Gasteiger partial charge in [0.1, 0.15) is 5.82 Å². The molecule has 1 rings (SSSR count). The third-order valence-corrected chi connectivity index (χ3v) is 2.52. The molecule has 1 aromatic carbocycles. The molecule has 0 radical (unpaired) electrons. The van der Waals surface area contributed by atoms with Crippen LogP contribution in [0.5, 0.6) is 0 Å². The average molecular weight is 248 g/mol. The number of hydrogen-bond donors (Lipinski definition) is 2. The lowest BCUT2D eigenvalue weighted by Crippen LogP contribution is -2.15. The van der Waals surface area contributed by atoms with Gasteiger partial charge in [-0.3, -0.25) is 0 Å². The van der Waals surface area contributed by atoms with Gasteiger partial charge in [0.05, 0.1) is 10.5 Å². The van der Waals surface area contributed by atoms with E-state index in [0.717, 1.165) is 12.0 Å². The molecule has 0 aliphatic heterocycles. The van der Waals surface area contributed by atoms with E-state index in [2.05, 4.69) is 21.4 Å². The zero-order valence-electron chi connectivity index (χ0n) is 7.22. The highest BCUT2D eigenvalue weighted by atomic mass is 79.9. The first-order valence-electron chi connectivity index (χ1n) is 4.03. The predicted molar refractivity (Wildman–Crippen MR) is 52.1 cm³/mol. The maximum Gasteiger partial charge on any atom is 0.137 e. The van der Waals surface area contributed by atoms with Gasteiger partial charge >= 0.3 is 0 Å². The summed E-state index contributed by atoms with van der Waals surface area (Å²) >= 11 is 3.09. The second-order valence-corrected chi connectivity index (χ2v) is 3.62. The monoisotopic (exact) mass is 247 g/mol. The zero-order valence-corrected chi connectivity index (χ0v) is 8.81. The van der Waals surface area contributed by atoms with Gasteiger partial charge in [-0.2, -0.15) is 5.48 Å². The molecule has 1 atom stereocenters. The fraction of sp³-hybridized carbons (Fsp3) is 0.333. The first-order valence-corrected chi connectivity index (χ1v) is 4.83. The first-order chi connectivity index (χ1) is 6.19. The highest BCUT2D eigenvalue weighted by molar-refractivity contribution is 9.10. The van der Waals surface area contributed by atoms with Crippen LogP contribution in [-0.4, -0.2) is 5.21 Å². The van der Waals surface area contributed by atoms with Gasteiger partial charge in [-0.25, -0.2) is 4.39 Å². The van der Waals surface area contributed by atoms with E-state index in [-0.39, 0.29) is 11.9 Å². The number of hydrogen-bond acceptors (Lipinski definition) is 2. The minimum atomic E-state index is -0.295. The second-order valence-electron chi connectivity index (χ2n) is 2.76. The van der Waals surface area contributed by atoms with Crippen molar-refractivity contribution in [2.24, 2.45) is 0 Å². The fourth-order valence-corrected chi connectivity index (χ4v) is 1.53. The molecule has 72 valence electrons. The highest BCUT2D eigenvalue weighted by Gasteiger charge is 2.09. The molecule has 0 aliphatic carbocycles. The minimum Gasteiger partial charge on any atom is -0.316 e. The van der Waals surface area contributed by atoms with Crippen molar-refractivity contribution in [2.75, 3.05) is 0 Å². The number of halogens is 2. The molecule has 2 N–H and O–H groups in total. The van der Waals surface area contributed by atoms with Crippen LogP contribution in [-0.2, 0) is 0 Å². The Labute approximate surface area is 84.9 Å². The Morgan fingerprint density at radius 1 is 1.62 bits per heavy atom. The van der Waals surface area contributed by atoms with Crippen LogP contribution in [0.15, 0.2) is 22.7 Å². The van der Waals surface area contributed by atoms with Crippen molar-refractivity contribution >= 4 is 15.9 Å². The molecule has 13 heavy (non-hydrogen) atoms. The van der Waals surface area contributed by atoms with Gasteiger partial charge in [0, 0.05) is 0 Å². The fourth-order valence-electron chi connectivity index (χ4n) is 1.13. The van der Waals surface area contributed by atoms with E-state index >= 15 is 0 Å². The molecule has 0 heterocycles. The van der Waals surface area contributed by atoms with E-state index in [9.17, 15) is 4.39 Å². The van der Waals surface area contributed by atoms with E-state index in [1.165, 1.54) is 6.07 Å². The Kier molecular flexibility index (Phi) is 3.84. The van der Waals surface area contributed by atoms with E-state index < -0.39 is 0 Å².